The molecule has 1 aliphatic heterocycles. The Balaban J connectivity index is 1.96. The first-order chi connectivity index (χ1) is 7.58. The van der Waals surface area contributed by atoms with Crippen molar-refractivity contribution in [2.75, 3.05) is 27.2 Å². The Morgan fingerprint density at radius 1 is 1.44 bits per heavy atom. The van der Waals surface area contributed by atoms with Crippen LogP contribution < -0.4 is 0 Å². The van der Waals surface area contributed by atoms with Gasteiger partial charge in [0.2, 0.25) is 5.91 Å². The number of aliphatic hydroxyl groups excluding tert-OH is 1. The number of rotatable bonds is 3. The number of carbonyl (C=O) groups excluding carboxylic acids is 1. The van der Waals surface area contributed by atoms with Crippen molar-refractivity contribution in [3.8, 4) is 0 Å². The second-order valence-corrected chi connectivity index (χ2v) is 5.42. The van der Waals surface area contributed by atoms with Gasteiger partial charge in [0.1, 0.15) is 0 Å². The number of nitrogens with zero attached hydrogens (tertiary/aromatic N) is 2. The third kappa shape index (κ3) is 2.38. The number of amides is 1. The van der Waals surface area contributed by atoms with Crippen LogP contribution in [0.5, 0.6) is 0 Å². The fourth-order valence-electron chi connectivity index (χ4n) is 2.65. The van der Waals surface area contributed by atoms with Crippen molar-refractivity contribution in [3.05, 3.63) is 0 Å². The highest BCUT2D eigenvalue weighted by molar-refractivity contribution is 5.80. The van der Waals surface area contributed by atoms with Crippen LogP contribution in [0.4, 0.5) is 0 Å². The number of β-amino-alcohol motifs (C(OH)–C–C–N with tert-alkyl or cyclic N) is 1. The van der Waals surface area contributed by atoms with E-state index < -0.39 is 0 Å². The van der Waals surface area contributed by atoms with E-state index >= 15 is 0 Å². The fraction of sp³-hybridized carbons (Fsp3) is 0.917. The molecule has 0 spiro atoms. The molecule has 0 radical (unpaired) electrons. The fourth-order valence-corrected chi connectivity index (χ4v) is 2.65. The molecule has 1 aliphatic carbocycles. The molecule has 0 aromatic rings. The van der Waals surface area contributed by atoms with E-state index in [0.717, 1.165) is 25.8 Å². The van der Waals surface area contributed by atoms with Gasteiger partial charge in [-0.2, -0.15) is 0 Å². The Kier molecular flexibility index (Phi) is 3.50. The molecular weight excluding hydrogens is 204 g/mol. The zero-order valence-corrected chi connectivity index (χ0v) is 10.2. The summed E-state index contributed by atoms with van der Waals surface area (Å²) in [7, 11) is 4.02. The highest BCUT2D eigenvalue weighted by atomic mass is 16.3. The van der Waals surface area contributed by atoms with Crippen LogP contribution in [-0.4, -0.2) is 60.1 Å². The second kappa shape index (κ2) is 4.72. The van der Waals surface area contributed by atoms with E-state index in [0.29, 0.717) is 6.54 Å². The molecule has 1 N–H and O–H groups in total. The molecule has 16 heavy (non-hydrogen) atoms. The van der Waals surface area contributed by atoms with E-state index in [1.165, 1.54) is 6.42 Å². The van der Waals surface area contributed by atoms with Crippen LogP contribution in [0.1, 0.15) is 25.7 Å². The second-order valence-electron chi connectivity index (χ2n) is 5.42. The van der Waals surface area contributed by atoms with Gasteiger partial charge in [-0.05, 0) is 33.4 Å². The molecule has 2 unspecified atom stereocenters. The van der Waals surface area contributed by atoms with Crippen molar-refractivity contribution < 1.29 is 9.90 Å². The molecule has 2 rings (SSSR count). The number of likely N-dealkylation sites (N-methyl/N-ethyl adjacent to an activating group) is 1. The summed E-state index contributed by atoms with van der Waals surface area (Å²) in [6.07, 6.45) is 3.68. The van der Waals surface area contributed by atoms with Crippen LogP contribution >= 0.6 is 0 Å². The lowest BCUT2D eigenvalue weighted by atomic mass is 9.84. The lowest BCUT2D eigenvalue weighted by Gasteiger charge is -2.33. The minimum atomic E-state index is -0.325. The number of aliphatic hydroxyl groups is 1. The summed E-state index contributed by atoms with van der Waals surface area (Å²) >= 11 is 0. The molecule has 1 heterocycles. The van der Waals surface area contributed by atoms with E-state index in [9.17, 15) is 9.90 Å². The summed E-state index contributed by atoms with van der Waals surface area (Å²) in [5.41, 5.74) is 0. The van der Waals surface area contributed by atoms with E-state index in [4.69, 9.17) is 0 Å². The van der Waals surface area contributed by atoms with Crippen molar-refractivity contribution in [3.63, 3.8) is 0 Å². The quantitative estimate of drug-likeness (QED) is 0.753. The molecular formula is C12H22N2O2. The van der Waals surface area contributed by atoms with Gasteiger partial charge in [0, 0.05) is 25.0 Å². The first-order valence-electron chi connectivity index (χ1n) is 6.21. The first-order valence-corrected chi connectivity index (χ1v) is 6.21. The maximum absolute atomic E-state index is 12.2. The van der Waals surface area contributed by atoms with Gasteiger partial charge >= 0.3 is 0 Å². The maximum Gasteiger partial charge on any atom is 0.226 e. The Morgan fingerprint density at radius 3 is 2.62 bits per heavy atom. The van der Waals surface area contributed by atoms with Crippen LogP contribution in [0, 0.1) is 5.92 Å². The van der Waals surface area contributed by atoms with Gasteiger partial charge in [0.25, 0.3) is 0 Å². The van der Waals surface area contributed by atoms with E-state index in [1.807, 2.05) is 19.0 Å². The molecule has 0 bridgehead atoms. The van der Waals surface area contributed by atoms with Gasteiger partial charge < -0.3 is 14.9 Å². The minimum absolute atomic E-state index is 0.207. The molecule has 0 aromatic heterocycles. The number of carbonyl (C=O) groups is 1. The van der Waals surface area contributed by atoms with Crippen LogP contribution in [0.2, 0.25) is 0 Å². The predicted octanol–water partition coefficient (Wildman–Crippen LogP) is 0.310. The lowest BCUT2D eigenvalue weighted by Crippen LogP contribution is -2.45. The monoisotopic (exact) mass is 226 g/mol. The summed E-state index contributed by atoms with van der Waals surface area (Å²) in [5.74, 6) is 0.518. The van der Waals surface area contributed by atoms with Gasteiger partial charge in [-0.3, -0.25) is 4.79 Å². The van der Waals surface area contributed by atoms with Crippen molar-refractivity contribution >= 4 is 5.91 Å². The Hall–Kier alpha value is -0.610. The average molecular weight is 226 g/mol. The van der Waals surface area contributed by atoms with E-state index in [2.05, 4.69) is 4.90 Å². The average Bonchev–Trinajstić information content (AvgIpc) is 2.42. The molecule has 92 valence electrons. The summed E-state index contributed by atoms with van der Waals surface area (Å²) < 4.78 is 0. The summed E-state index contributed by atoms with van der Waals surface area (Å²) in [6.45, 7) is 1.39. The Bertz CT molecular complexity index is 264. The summed E-state index contributed by atoms with van der Waals surface area (Å²) in [4.78, 5) is 16.2. The van der Waals surface area contributed by atoms with Crippen LogP contribution in [-0.2, 0) is 4.79 Å². The summed E-state index contributed by atoms with van der Waals surface area (Å²) in [6, 6.07) is 0.207. The molecule has 0 aromatic carbocycles. The number of hydrogen-bond acceptors (Lipinski definition) is 3. The van der Waals surface area contributed by atoms with Crippen molar-refractivity contribution in [1.82, 2.24) is 9.80 Å². The van der Waals surface area contributed by atoms with Gasteiger partial charge in [-0.25, -0.2) is 0 Å². The molecule has 2 atom stereocenters. The predicted molar refractivity (Wildman–Crippen MR) is 62.0 cm³/mol. The van der Waals surface area contributed by atoms with Crippen molar-refractivity contribution in [2.45, 2.75) is 37.8 Å². The molecule has 1 amide bonds. The molecule has 4 heteroatoms. The van der Waals surface area contributed by atoms with Crippen LogP contribution in [0.3, 0.4) is 0 Å². The standard InChI is InChI=1S/C12H22N2O2/c1-13(2)7-10-6-11(15)8-14(10)12(16)9-4-3-5-9/h9-11,15H,3-8H2,1-2H3. The van der Waals surface area contributed by atoms with Gasteiger partial charge in [-0.15, -0.1) is 0 Å². The minimum Gasteiger partial charge on any atom is -0.391 e. The largest absolute Gasteiger partial charge is 0.391 e. The highest BCUT2D eigenvalue weighted by Crippen LogP contribution is 2.31. The van der Waals surface area contributed by atoms with Gasteiger partial charge in [-0.1, -0.05) is 6.42 Å². The maximum atomic E-state index is 12.2. The third-order valence-corrected chi connectivity index (χ3v) is 3.71. The van der Waals surface area contributed by atoms with Crippen molar-refractivity contribution in [1.29, 1.82) is 0 Å². The van der Waals surface area contributed by atoms with E-state index in [-0.39, 0.29) is 24.0 Å². The van der Waals surface area contributed by atoms with Crippen LogP contribution in [0.25, 0.3) is 0 Å². The molecule has 2 fully saturated rings. The zero-order chi connectivity index (χ0) is 11.7. The number of likely N-dealkylation sites (tertiary alicyclic amines) is 1. The van der Waals surface area contributed by atoms with E-state index in [1.54, 1.807) is 0 Å². The molecule has 2 aliphatic rings. The number of hydrogen-bond donors (Lipinski definition) is 1. The van der Waals surface area contributed by atoms with Crippen molar-refractivity contribution in [2.24, 2.45) is 5.92 Å². The zero-order valence-electron chi connectivity index (χ0n) is 10.2. The van der Waals surface area contributed by atoms with Gasteiger partial charge in [0.15, 0.2) is 0 Å². The molecule has 1 saturated heterocycles. The molecule has 1 saturated carbocycles. The SMILES string of the molecule is CN(C)CC1CC(O)CN1C(=O)C1CCC1. The summed E-state index contributed by atoms with van der Waals surface area (Å²) in [5, 5.41) is 9.69. The highest BCUT2D eigenvalue weighted by Gasteiger charge is 2.38. The Morgan fingerprint density at radius 2 is 2.12 bits per heavy atom. The first kappa shape index (κ1) is 11.9. The third-order valence-electron chi connectivity index (χ3n) is 3.71. The topological polar surface area (TPSA) is 43.8 Å². The van der Waals surface area contributed by atoms with Crippen LogP contribution in [0.15, 0.2) is 0 Å². The molecule has 4 nitrogen and oxygen atoms in total. The normalized spacial score (nSPS) is 30.9. The Labute approximate surface area is 97.2 Å². The smallest absolute Gasteiger partial charge is 0.226 e. The van der Waals surface area contributed by atoms with Gasteiger partial charge in [0.05, 0.1) is 6.10 Å². The lowest BCUT2D eigenvalue weighted by molar-refractivity contribution is -0.139.